The molecule has 8 heteroatoms. The van der Waals surface area contributed by atoms with Crippen molar-refractivity contribution in [3.63, 3.8) is 0 Å². The van der Waals surface area contributed by atoms with Crippen LogP contribution in [-0.2, 0) is 10.0 Å². The molecule has 1 aliphatic rings. The summed E-state index contributed by atoms with van der Waals surface area (Å²) < 4.78 is 28.0. The number of nitrogens with zero attached hydrogens (tertiary/aromatic N) is 3. The molecule has 0 aliphatic carbocycles. The minimum absolute atomic E-state index is 0.103. The molecule has 1 fully saturated rings. The molecular formula is C16H19ClN4O2S. The highest BCUT2D eigenvalue weighted by Crippen LogP contribution is 2.22. The summed E-state index contributed by atoms with van der Waals surface area (Å²) in [6.07, 6.45) is 4.83. The van der Waals surface area contributed by atoms with Crippen molar-refractivity contribution in [3.05, 3.63) is 47.2 Å². The topological polar surface area (TPSA) is 75.2 Å². The fourth-order valence-electron chi connectivity index (χ4n) is 2.80. The van der Waals surface area contributed by atoms with Gasteiger partial charge in [-0.2, -0.15) is 0 Å². The molecule has 0 saturated carbocycles. The number of nitrogens with one attached hydrogen (secondary N) is 1. The van der Waals surface area contributed by atoms with E-state index in [2.05, 4.69) is 19.6 Å². The van der Waals surface area contributed by atoms with Crippen molar-refractivity contribution in [2.45, 2.75) is 30.7 Å². The van der Waals surface area contributed by atoms with Gasteiger partial charge in [-0.15, -0.1) is 0 Å². The highest BCUT2D eigenvalue weighted by Gasteiger charge is 2.26. The Morgan fingerprint density at radius 1 is 1.21 bits per heavy atom. The normalized spacial score (nSPS) is 16.3. The lowest BCUT2D eigenvalue weighted by molar-refractivity contribution is 0.456. The van der Waals surface area contributed by atoms with Gasteiger partial charge in [0.25, 0.3) is 0 Å². The van der Waals surface area contributed by atoms with Crippen molar-refractivity contribution in [1.82, 2.24) is 14.7 Å². The molecule has 2 aromatic rings. The zero-order valence-corrected chi connectivity index (χ0v) is 14.9. The van der Waals surface area contributed by atoms with Gasteiger partial charge in [0.1, 0.15) is 0 Å². The molecule has 1 aromatic carbocycles. The first kappa shape index (κ1) is 17.1. The minimum atomic E-state index is -3.58. The van der Waals surface area contributed by atoms with Gasteiger partial charge in [0, 0.05) is 36.5 Å². The van der Waals surface area contributed by atoms with Gasteiger partial charge in [0.05, 0.1) is 4.90 Å². The van der Waals surface area contributed by atoms with Crippen LogP contribution in [-0.4, -0.2) is 37.5 Å². The summed E-state index contributed by atoms with van der Waals surface area (Å²) in [6.45, 7) is 3.19. The standard InChI is InChI=1S/C16H19ClN4O2S/c1-12-3-4-13(17)11-15(12)24(22,23)20-14-5-9-21(10-6-14)16-18-7-2-8-19-16/h2-4,7-8,11,14,20H,5-6,9-10H2,1H3. The predicted octanol–water partition coefficient (Wildman–Crippen LogP) is 2.39. The molecule has 24 heavy (non-hydrogen) atoms. The van der Waals surface area contributed by atoms with Crippen molar-refractivity contribution in [2.24, 2.45) is 0 Å². The number of hydrogen-bond acceptors (Lipinski definition) is 5. The lowest BCUT2D eigenvalue weighted by Gasteiger charge is -2.32. The van der Waals surface area contributed by atoms with Crippen LogP contribution in [0.2, 0.25) is 5.02 Å². The van der Waals surface area contributed by atoms with Crippen molar-refractivity contribution in [2.75, 3.05) is 18.0 Å². The highest BCUT2D eigenvalue weighted by atomic mass is 35.5. The maximum absolute atomic E-state index is 12.6. The van der Waals surface area contributed by atoms with Crippen LogP contribution >= 0.6 is 11.6 Å². The fraction of sp³-hybridized carbons (Fsp3) is 0.375. The third-order valence-electron chi connectivity index (χ3n) is 4.09. The molecule has 3 rings (SSSR count). The molecule has 0 atom stereocenters. The fourth-order valence-corrected chi connectivity index (χ4v) is 4.61. The molecule has 6 nitrogen and oxygen atoms in total. The molecule has 2 heterocycles. The Kier molecular flexibility index (Phi) is 5.03. The van der Waals surface area contributed by atoms with Gasteiger partial charge in [0.15, 0.2) is 0 Å². The second-order valence-electron chi connectivity index (χ2n) is 5.84. The van der Waals surface area contributed by atoms with E-state index in [0.717, 1.165) is 0 Å². The first-order valence-corrected chi connectivity index (χ1v) is 9.62. The van der Waals surface area contributed by atoms with Crippen molar-refractivity contribution < 1.29 is 8.42 Å². The molecular weight excluding hydrogens is 348 g/mol. The van der Waals surface area contributed by atoms with Gasteiger partial charge >= 0.3 is 0 Å². The largest absolute Gasteiger partial charge is 0.341 e. The maximum Gasteiger partial charge on any atom is 0.241 e. The lowest BCUT2D eigenvalue weighted by Crippen LogP contribution is -2.45. The minimum Gasteiger partial charge on any atom is -0.341 e. The van der Waals surface area contributed by atoms with Gasteiger partial charge in [0.2, 0.25) is 16.0 Å². The van der Waals surface area contributed by atoms with Gasteiger partial charge in [-0.1, -0.05) is 17.7 Å². The van der Waals surface area contributed by atoms with Crippen molar-refractivity contribution >= 4 is 27.6 Å². The Balaban J connectivity index is 1.66. The summed E-state index contributed by atoms with van der Waals surface area (Å²) in [5.74, 6) is 0.685. The smallest absolute Gasteiger partial charge is 0.241 e. The van der Waals surface area contributed by atoms with Gasteiger partial charge in [-0.3, -0.25) is 0 Å². The molecule has 1 N–H and O–H groups in total. The second kappa shape index (κ2) is 7.04. The van der Waals surface area contributed by atoms with Crippen LogP contribution in [0.25, 0.3) is 0 Å². The molecule has 128 valence electrons. The van der Waals surface area contributed by atoms with Gasteiger partial charge in [-0.05, 0) is 43.5 Å². The third-order valence-corrected chi connectivity index (χ3v) is 5.99. The van der Waals surface area contributed by atoms with E-state index in [0.29, 0.717) is 42.5 Å². The van der Waals surface area contributed by atoms with E-state index < -0.39 is 10.0 Å². The molecule has 0 bridgehead atoms. The van der Waals surface area contributed by atoms with E-state index in [1.54, 1.807) is 37.5 Å². The van der Waals surface area contributed by atoms with Crippen LogP contribution in [0.3, 0.4) is 0 Å². The summed E-state index contributed by atoms with van der Waals surface area (Å²) in [7, 11) is -3.58. The molecule has 0 radical (unpaired) electrons. The summed E-state index contributed by atoms with van der Waals surface area (Å²) in [5, 5.41) is 0.414. The van der Waals surface area contributed by atoms with E-state index >= 15 is 0 Å². The molecule has 0 unspecified atom stereocenters. The van der Waals surface area contributed by atoms with Crippen LogP contribution in [0.15, 0.2) is 41.6 Å². The molecule has 0 spiro atoms. The van der Waals surface area contributed by atoms with Gasteiger partial charge in [-0.25, -0.2) is 23.1 Å². The SMILES string of the molecule is Cc1ccc(Cl)cc1S(=O)(=O)NC1CCN(c2ncccn2)CC1. The van der Waals surface area contributed by atoms with Crippen LogP contribution in [0.5, 0.6) is 0 Å². The number of anilines is 1. The monoisotopic (exact) mass is 366 g/mol. The van der Waals surface area contributed by atoms with Crippen LogP contribution in [0, 0.1) is 6.92 Å². The maximum atomic E-state index is 12.6. The van der Waals surface area contributed by atoms with Gasteiger partial charge < -0.3 is 4.90 Å². The summed E-state index contributed by atoms with van der Waals surface area (Å²) >= 11 is 5.94. The average molecular weight is 367 g/mol. The van der Waals surface area contributed by atoms with E-state index in [9.17, 15) is 8.42 Å². The Morgan fingerprint density at radius 2 is 1.88 bits per heavy atom. The summed E-state index contributed by atoms with van der Waals surface area (Å²) in [4.78, 5) is 10.8. The zero-order valence-electron chi connectivity index (χ0n) is 13.3. The van der Waals surface area contributed by atoms with Crippen LogP contribution < -0.4 is 9.62 Å². The van der Waals surface area contributed by atoms with E-state index in [1.807, 2.05) is 0 Å². The molecule has 0 amide bonds. The van der Waals surface area contributed by atoms with Crippen LogP contribution in [0.4, 0.5) is 5.95 Å². The van der Waals surface area contributed by atoms with Crippen LogP contribution in [0.1, 0.15) is 18.4 Å². The number of sulfonamides is 1. The Hall–Kier alpha value is -1.70. The number of aryl methyl sites for hydroxylation is 1. The summed E-state index contributed by atoms with van der Waals surface area (Å²) in [5.41, 5.74) is 0.682. The number of hydrogen-bond donors (Lipinski definition) is 1. The summed E-state index contributed by atoms with van der Waals surface area (Å²) in [6, 6.07) is 6.57. The Morgan fingerprint density at radius 3 is 2.54 bits per heavy atom. The van der Waals surface area contributed by atoms with E-state index in [1.165, 1.54) is 6.07 Å². The number of piperidine rings is 1. The number of rotatable bonds is 4. The first-order chi connectivity index (χ1) is 11.5. The average Bonchev–Trinajstić information content (AvgIpc) is 2.58. The quantitative estimate of drug-likeness (QED) is 0.899. The molecule has 1 aromatic heterocycles. The number of aromatic nitrogens is 2. The van der Waals surface area contributed by atoms with Crippen molar-refractivity contribution in [1.29, 1.82) is 0 Å². The number of benzene rings is 1. The lowest BCUT2D eigenvalue weighted by atomic mass is 10.1. The van der Waals surface area contributed by atoms with E-state index in [4.69, 9.17) is 11.6 Å². The van der Waals surface area contributed by atoms with E-state index in [-0.39, 0.29) is 10.9 Å². The molecule has 1 saturated heterocycles. The Labute approximate surface area is 146 Å². The highest BCUT2D eigenvalue weighted by molar-refractivity contribution is 7.89. The molecule has 1 aliphatic heterocycles. The number of halogens is 1. The Bertz CT molecular complexity index is 806. The second-order valence-corrected chi connectivity index (χ2v) is 7.96. The third kappa shape index (κ3) is 3.85. The first-order valence-electron chi connectivity index (χ1n) is 7.76. The predicted molar refractivity (Wildman–Crippen MR) is 93.8 cm³/mol. The van der Waals surface area contributed by atoms with Crippen molar-refractivity contribution in [3.8, 4) is 0 Å². The zero-order chi connectivity index (χ0) is 17.2.